The lowest BCUT2D eigenvalue weighted by molar-refractivity contribution is -0.111. The first kappa shape index (κ1) is 9.62. The van der Waals surface area contributed by atoms with Gasteiger partial charge in [-0.05, 0) is 62.2 Å². The smallest absolute Gasteiger partial charge is 0.123 e. The lowest BCUT2D eigenvalue weighted by atomic mass is 9.82. The molecule has 0 saturated heterocycles. The van der Waals surface area contributed by atoms with Gasteiger partial charge in [-0.25, -0.2) is 0 Å². The van der Waals surface area contributed by atoms with Gasteiger partial charge in [-0.15, -0.1) is 0 Å². The van der Waals surface area contributed by atoms with E-state index in [0.717, 1.165) is 23.7 Å². The number of hydrogen-bond donors (Lipinski definition) is 0. The summed E-state index contributed by atoms with van der Waals surface area (Å²) in [5.41, 5.74) is 1.98. The van der Waals surface area contributed by atoms with Crippen LogP contribution in [0.25, 0.3) is 0 Å². The number of hydrogen-bond acceptors (Lipinski definition) is 1. The topological polar surface area (TPSA) is 17.1 Å². The largest absolute Gasteiger partial charge is 0.303 e. The van der Waals surface area contributed by atoms with E-state index < -0.39 is 0 Å². The number of carbonyl (C=O) groups is 1. The number of rotatable bonds is 2. The molecule has 1 unspecified atom stereocenters. The van der Waals surface area contributed by atoms with Crippen LogP contribution in [0.1, 0.15) is 39.0 Å². The van der Waals surface area contributed by atoms with Crippen molar-refractivity contribution in [1.29, 1.82) is 0 Å². The Bertz CT molecular complexity index is 313. The summed E-state index contributed by atoms with van der Waals surface area (Å²) in [6, 6.07) is 0. The highest BCUT2D eigenvalue weighted by atomic mass is 16.1. The minimum absolute atomic E-state index is 0.286. The number of carbonyl (C=O) groups excluding carboxylic acids is 1. The molecule has 1 heteroatoms. The van der Waals surface area contributed by atoms with Gasteiger partial charge >= 0.3 is 0 Å². The maximum absolute atomic E-state index is 11.1. The van der Waals surface area contributed by atoms with E-state index in [9.17, 15) is 4.79 Å². The van der Waals surface area contributed by atoms with E-state index >= 15 is 0 Å². The maximum atomic E-state index is 11.1. The highest BCUT2D eigenvalue weighted by Gasteiger charge is 2.58. The summed E-state index contributed by atoms with van der Waals surface area (Å²) in [5, 5.41) is 0. The second kappa shape index (κ2) is 2.96. The van der Waals surface area contributed by atoms with Gasteiger partial charge < -0.3 is 4.79 Å². The van der Waals surface area contributed by atoms with Crippen molar-refractivity contribution in [2.45, 2.75) is 39.0 Å². The van der Waals surface area contributed by atoms with E-state index in [0.29, 0.717) is 5.92 Å². The molecule has 3 fully saturated rings. The lowest BCUT2D eigenvalue weighted by Gasteiger charge is -2.22. The summed E-state index contributed by atoms with van der Waals surface area (Å²) >= 11 is 0. The molecule has 0 bridgehead atoms. The fraction of sp³-hybridized carbons (Fsp3) is 0.786. The van der Waals surface area contributed by atoms with Crippen LogP contribution in [0.3, 0.4) is 0 Å². The monoisotopic (exact) mass is 204 g/mol. The Balaban J connectivity index is 1.84. The van der Waals surface area contributed by atoms with Crippen LogP contribution in [0.4, 0.5) is 0 Å². The molecule has 0 aromatic rings. The summed E-state index contributed by atoms with van der Waals surface area (Å²) < 4.78 is 0. The van der Waals surface area contributed by atoms with Crippen LogP contribution in [0.5, 0.6) is 0 Å². The molecule has 0 aliphatic heterocycles. The molecule has 3 aliphatic carbocycles. The van der Waals surface area contributed by atoms with Gasteiger partial charge in [-0.2, -0.15) is 0 Å². The molecular formula is C14H20O. The van der Waals surface area contributed by atoms with Crippen LogP contribution in [0.2, 0.25) is 0 Å². The van der Waals surface area contributed by atoms with Gasteiger partial charge in [0.1, 0.15) is 6.29 Å². The van der Waals surface area contributed by atoms with Gasteiger partial charge in [0, 0.05) is 5.92 Å². The first-order valence-electron chi connectivity index (χ1n) is 6.26. The van der Waals surface area contributed by atoms with E-state index in [1.165, 1.54) is 37.5 Å². The van der Waals surface area contributed by atoms with Crippen molar-refractivity contribution in [2.24, 2.45) is 29.1 Å². The van der Waals surface area contributed by atoms with E-state index in [1.807, 2.05) is 0 Å². The fourth-order valence-corrected chi connectivity index (χ4v) is 4.41. The van der Waals surface area contributed by atoms with Crippen molar-refractivity contribution in [3.8, 4) is 0 Å². The van der Waals surface area contributed by atoms with Gasteiger partial charge in [0.2, 0.25) is 0 Å². The summed E-state index contributed by atoms with van der Waals surface area (Å²) in [7, 11) is 0. The fourth-order valence-electron chi connectivity index (χ4n) is 4.41. The quantitative estimate of drug-likeness (QED) is 0.498. The maximum Gasteiger partial charge on any atom is 0.123 e. The van der Waals surface area contributed by atoms with E-state index in [4.69, 9.17) is 0 Å². The Morgan fingerprint density at radius 3 is 2.67 bits per heavy atom. The SMILES string of the molecule is C=C(C)[C@@H]1C(C=O)C[C@H]2CC3(CC3)C[C@H]21. The third-order valence-corrected chi connectivity index (χ3v) is 5.17. The molecule has 1 spiro atoms. The average Bonchev–Trinajstić information content (AvgIpc) is 2.67. The predicted molar refractivity (Wildman–Crippen MR) is 60.4 cm³/mol. The second-order valence-corrected chi connectivity index (χ2v) is 6.24. The molecule has 3 saturated carbocycles. The molecule has 0 aromatic heterocycles. The Kier molecular flexibility index (Phi) is 1.90. The van der Waals surface area contributed by atoms with Gasteiger partial charge in [0.25, 0.3) is 0 Å². The summed E-state index contributed by atoms with van der Waals surface area (Å²) in [4.78, 5) is 11.1. The van der Waals surface area contributed by atoms with Crippen molar-refractivity contribution in [1.82, 2.24) is 0 Å². The molecule has 0 amide bonds. The zero-order chi connectivity index (χ0) is 10.6. The van der Waals surface area contributed by atoms with Crippen molar-refractivity contribution in [3.63, 3.8) is 0 Å². The molecule has 15 heavy (non-hydrogen) atoms. The van der Waals surface area contributed by atoms with Crippen LogP contribution in [-0.2, 0) is 4.79 Å². The standard InChI is InChI=1S/C14H20O/c1-9(2)13-11(8-15)5-10-6-14(3-4-14)7-12(10)13/h8,10-13H,1,3-7H2,2H3/t10-,11?,12+,13+/m0/s1. The lowest BCUT2D eigenvalue weighted by Crippen LogP contribution is -2.17. The second-order valence-electron chi connectivity index (χ2n) is 6.24. The number of fused-ring (bicyclic) bond motifs is 1. The van der Waals surface area contributed by atoms with E-state index in [1.54, 1.807) is 0 Å². The Hall–Kier alpha value is -0.590. The van der Waals surface area contributed by atoms with Crippen molar-refractivity contribution >= 4 is 6.29 Å². The third kappa shape index (κ3) is 1.32. The molecule has 0 aromatic carbocycles. The van der Waals surface area contributed by atoms with Gasteiger partial charge in [0.05, 0.1) is 0 Å². The zero-order valence-corrected chi connectivity index (χ0v) is 9.54. The molecule has 3 aliphatic rings. The molecule has 3 rings (SSSR count). The summed E-state index contributed by atoms with van der Waals surface area (Å²) in [6.07, 6.45) is 8.04. The third-order valence-electron chi connectivity index (χ3n) is 5.17. The molecule has 4 atom stereocenters. The minimum Gasteiger partial charge on any atom is -0.303 e. The Morgan fingerprint density at radius 1 is 1.40 bits per heavy atom. The molecule has 0 radical (unpaired) electrons. The van der Waals surface area contributed by atoms with Crippen LogP contribution in [0.15, 0.2) is 12.2 Å². The van der Waals surface area contributed by atoms with Crippen LogP contribution in [-0.4, -0.2) is 6.29 Å². The molecule has 0 N–H and O–H groups in total. The highest BCUT2D eigenvalue weighted by molar-refractivity contribution is 5.56. The summed E-state index contributed by atoms with van der Waals surface area (Å²) in [5.74, 6) is 2.42. The van der Waals surface area contributed by atoms with Gasteiger partial charge in [0.15, 0.2) is 0 Å². The average molecular weight is 204 g/mol. The Labute approximate surface area is 91.9 Å². The van der Waals surface area contributed by atoms with Crippen molar-refractivity contribution < 1.29 is 4.79 Å². The predicted octanol–water partition coefficient (Wildman–Crippen LogP) is 3.20. The Morgan fingerprint density at radius 2 is 2.13 bits per heavy atom. The number of aldehydes is 1. The van der Waals surface area contributed by atoms with Crippen LogP contribution in [0, 0.1) is 29.1 Å². The van der Waals surface area contributed by atoms with Crippen molar-refractivity contribution in [2.75, 3.05) is 0 Å². The number of allylic oxidation sites excluding steroid dienone is 1. The summed E-state index contributed by atoms with van der Waals surface area (Å²) in [6.45, 7) is 6.22. The first-order valence-corrected chi connectivity index (χ1v) is 6.26. The van der Waals surface area contributed by atoms with Crippen LogP contribution < -0.4 is 0 Å². The molecule has 82 valence electrons. The highest BCUT2D eigenvalue weighted by Crippen LogP contribution is 2.67. The molecule has 0 heterocycles. The minimum atomic E-state index is 0.286. The van der Waals surface area contributed by atoms with Crippen molar-refractivity contribution in [3.05, 3.63) is 12.2 Å². The molecule has 1 nitrogen and oxygen atoms in total. The van der Waals surface area contributed by atoms with Gasteiger partial charge in [-0.3, -0.25) is 0 Å². The van der Waals surface area contributed by atoms with E-state index in [-0.39, 0.29) is 5.92 Å². The first-order chi connectivity index (χ1) is 7.15. The van der Waals surface area contributed by atoms with Crippen LogP contribution >= 0.6 is 0 Å². The normalized spacial score (nSPS) is 45.4. The van der Waals surface area contributed by atoms with Gasteiger partial charge in [-0.1, -0.05) is 12.2 Å². The zero-order valence-electron chi connectivity index (χ0n) is 9.54. The molecular weight excluding hydrogens is 184 g/mol. The van der Waals surface area contributed by atoms with E-state index in [2.05, 4.69) is 13.5 Å².